The average Bonchev–Trinajstić information content (AvgIpc) is 3.03. The Morgan fingerprint density at radius 2 is 2.03 bits per heavy atom. The number of aliphatic hydroxyl groups is 1. The molecule has 1 aromatic carbocycles. The molecule has 2 N–H and O–H groups in total. The molecule has 1 aliphatic carbocycles. The summed E-state index contributed by atoms with van der Waals surface area (Å²) in [6.07, 6.45) is -1.10. The van der Waals surface area contributed by atoms with E-state index in [1.54, 1.807) is 6.92 Å². The Kier molecular flexibility index (Phi) is 5.65. The van der Waals surface area contributed by atoms with Crippen molar-refractivity contribution < 1.29 is 32.2 Å². The minimum Gasteiger partial charge on any atom is -0.407 e. The Bertz CT molecular complexity index is 992. The number of likely N-dealkylation sites (tertiary alicyclic amines) is 1. The zero-order chi connectivity index (χ0) is 22.6. The van der Waals surface area contributed by atoms with Gasteiger partial charge in [-0.3, -0.25) is 4.79 Å². The van der Waals surface area contributed by atoms with Crippen LogP contribution < -0.4 is 5.32 Å². The molecule has 2 heterocycles. The number of sulfonamides is 1. The zero-order valence-electron chi connectivity index (χ0n) is 16.8. The molecule has 4 rings (SSSR count). The van der Waals surface area contributed by atoms with E-state index in [9.17, 15) is 27.5 Å². The molecule has 1 saturated carbocycles. The molecule has 9 nitrogen and oxygen atoms in total. The number of fused-ring (bicyclic) bond motifs is 1. The molecular formula is C19H23ClFN3O6S. The van der Waals surface area contributed by atoms with Gasteiger partial charge in [0.05, 0.1) is 5.75 Å². The molecule has 0 radical (unpaired) electrons. The van der Waals surface area contributed by atoms with E-state index < -0.39 is 33.6 Å². The number of ether oxygens (including phenoxy) is 1. The summed E-state index contributed by atoms with van der Waals surface area (Å²) in [7, 11) is -3.26. The standard InChI is InChI=1S/C19H23ClFN3O6S/c1-2-31(28,29)23-9-14-15(10-23)16(14)24-4-3-19(27,17(24)25)30-18(26)22-8-11-5-12(20)7-13(21)6-11/h5-7,14-16,27H,2-4,8-10H2,1H3,(H,22,26)/t14-,15+,16?,19?. The summed E-state index contributed by atoms with van der Waals surface area (Å²) in [6, 6.07) is 3.63. The summed E-state index contributed by atoms with van der Waals surface area (Å²) in [5.41, 5.74) is 0.394. The topological polar surface area (TPSA) is 116 Å². The van der Waals surface area contributed by atoms with Crippen LogP contribution in [0.3, 0.4) is 0 Å². The van der Waals surface area contributed by atoms with E-state index in [1.807, 2.05) is 0 Å². The highest BCUT2D eigenvalue weighted by Crippen LogP contribution is 2.51. The number of amides is 2. The van der Waals surface area contributed by atoms with Gasteiger partial charge in [0.25, 0.3) is 11.7 Å². The molecule has 2 unspecified atom stereocenters. The number of rotatable bonds is 6. The third-order valence-corrected chi connectivity index (χ3v) is 8.17. The quantitative estimate of drug-likeness (QED) is 0.591. The van der Waals surface area contributed by atoms with Crippen LogP contribution in [0.25, 0.3) is 0 Å². The highest BCUT2D eigenvalue weighted by molar-refractivity contribution is 7.89. The molecule has 1 aromatic rings. The lowest BCUT2D eigenvalue weighted by molar-refractivity contribution is -0.182. The zero-order valence-corrected chi connectivity index (χ0v) is 18.3. The number of benzene rings is 1. The average molecular weight is 476 g/mol. The molecule has 170 valence electrons. The fourth-order valence-corrected chi connectivity index (χ4v) is 5.90. The number of carbonyl (C=O) groups excluding carboxylic acids is 2. The van der Waals surface area contributed by atoms with Crippen molar-refractivity contribution in [2.24, 2.45) is 11.8 Å². The number of nitrogens with zero attached hydrogens (tertiary/aromatic N) is 2. The maximum Gasteiger partial charge on any atom is 0.410 e. The first-order valence-corrected chi connectivity index (χ1v) is 12.0. The van der Waals surface area contributed by atoms with Crippen LogP contribution in [0, 0.1) is 17.7 Å². The van der Waals surface area contributed by atoms with E-state index in [4.69, 9.17) is 16.3 Å². The number of alkyl carbamates (subject to hydrolysis) is 1. The smallest absolute Gasteiger partial charge is 0.407 e. The number of halogens is 2. The lowest BCUT2D eigenvalue weighted by Gasteiger charge is -2.25. The third kappa shape index (κ3) is 4.23. The normalized spacial score (nSPS) is 30.4. The van der Waals surface area contributed by atoms with Crippen LogP contribution in [0.1, 0.15) is 18.9 Å². The molecule has 2 saturated heterocycles. The molecular weight excluding hydrogens is 453 g/mol. The SMILES string of the molecule is CCS(=O)(=O)N1C[C@@H]2C(N3CCC(O)(OC(=O)NCc4cc(F)cc(Cl)c4)C3=O)[C@@H]2C1. The van der Waals surface area contributed by atoms with Crippen molar-refractivity contribution >= 4 is 33.6 Å². The number of nitrogens with one attached hydrogen (secondary N) is 1. The van der Waals surface area contributed by atoms with Gasteiger partial charge in [-0.05, 0) is 42.5 Å². The maximum absolute atomic E-state index is 13.4. The Hall–Kier alpha value is -1.95. The first-order chi connectivity index (χ1) is 14.5. The van der Waals surface area contributed by atoms with E-state index in [0.29, 0.717) is 18.7 Å². The minimum atomic E-state index is -3.26. The van der Waals surface area contributed by atoms with Gasteiger partial charge in [0, 0.05) is 43.7 Å². The number of hydrogen-bond acceptors (Lipinski definition) is 6. The lowest BCUT2D eigenvalue weighted by Crippen LogP contribution is -2.47. The van der Waals surface area contributed by atoms with Crippen molar-refractivity contribution in [3.05, 3.63) is 34.6 Å². The number of piperidine rings is 1. The number of carbonyl (C=O) groups is 2. The molecule has 2 amide bonds. The summed E-state index contributed by atoms with van der Waals surface area (Å²) in [4.78, 5) is 26.3. The van der Waals surface area contributed by atoms with Crippen LogP contribution in [0.2, 0.25) is 5.02 Å². The monoisotopic (exact) mass is 475 g/mol. The molecule has 0 aromatic heterocycles. The lowest BCUT2D eigenvalue weighted by atomic mass is 10.2. The van der Waals surface area contributed by atoms with Crippen LogP contribution in [0.15, 0.2) is 18.2 Å². The summed E-state index contributed by atoms with van der Waals surface area (Å²) in [5.74, 6) is -3.46. The second-order valence-electron chi connectivity index (χ2n) is 8.09. The van der Waals surface area contributed by atoms with Crippen LogP contribution in [0.5, 0.6) is 0 Å². The second-order valence-corrected chi connectivity index (χ2v) is 10.8. The molecule has 12 heteroatoms. The maximum atomic E-state index is 13.4. The largest absolute Gasteiger partial charge is 0.410 e. The van der Waals surface area contributed by atoms with Gasteiger partial charge in [-0.2, -0.15) is 0 Å². The first-order valence-electron chi connectivity index (χ1n) is 9.97. The predicted molar refractivity (Wildman–Crippen MR) is 108 cm³/mol. The fourth-order valence-electron chi connectivity index (χ4n) is 4.49. The Morgan fingerprint density at radius 1 is 1.35 bits per heavy atom. The first kappa shape index (κ1) is 22.3. The highest BCUT2D eigenvalue weighted by atomic mass is 35.5. The van der Waals surface area contributed by atoms with E-state index >= 15 is 0 Å². The molecule has 0 bridgehead atoms. The van der Waals surface area contributed by atoms with Crippen molar-refractivity contribution in [2.45, 2.75) is 31.7 Å². The summed E-state index contributed by atoms with van der Waals surface area (Å²) in [6.45, 7) is 2.40. The van der Waals surface area contributed by atoms with Crippen molar-refractivity contribution in [3.8, 4) is 0 Å². The van der Waals surface area contributed by atoms with E-state index in [2.05, 4.69) is 5.32 Å². The molecule has 3 aliphatic rings. The summed E-state index contributed by atoms with van der Waals surface area (Å²) in [5, 5.41) is 13.1. The molecule has 3 fully saturated rings. The van der Waals surface area contributed by atoms with Crippen molar-refractivity contribution in [2.75, 3.05) is 25.4 Å². The number of hydrogen-bond donors (Lipinski definition) is 2. The Balaban J connectivity index is 1.31. The Morgan fingerprint density at radius 3 is 2.65 bits per heavy atom. The molecule has 0 spiro atoms. The van der Waals surface area contributed by atoms with Crippen LogP contribution in [0.4, 0.5) is 9.18 Å². The molecule has 2 aliphatic heterocycles. The van der Waals surface area contributed by atoms with E-state index in [-0.39, 0.29) is 48.2 Å². The van der Waals surface area contributed by atoms with Gasteiger partial charge in [-0.1, -0.05) is 11.6 Å². The summed E-state index contributed by atoms with van der Waals surface area (Å²) >= 11 is 5.77. The van der Waals surface area contributed by atoms with Gasteiger partial charge in [0.1, 0.15) is 5.82 Å². The second kappa shape index (κ2) is 7.88. The van der Waals surface area contributed by atoms with Crippen LogP contribution in [-0.2, 0) is 26.1 Å². The fraction of sp³-hybridized carbons (Fsp3) is 0.579. The van der Waals surface area contributed by atoms with Crippen LogP contribution in [-0.4, -0.2) is 71.9 Å². The van der Waals surface area contributed by atoms with Crippen molar-refractivity contribution in [1.29, 1.82) is 0 Å². The van der Waals surface area contributed by atoms with E-state index in [0.717, 1.165) is 6.07 Å². The highest BCUT2D eigenvalue weighted by Gasteiger charge is 2.64. The van der Waals surface area contributed by atoms with Gasteiger partial charge < -0.3 is 20.1 Å². The molecule has 4 atom stereocenters. The van der Waals surface area contributed by atoms with Gasteiger partial charge in [-0.15, -0.1) is 0 Å². The molecule has 31 heavy (non-hydrogen) atoms. The van der Waals surface area contributed by atoms with E-state index in [1.165, 1.54) is 21.3 Å². The Labute approximate surface area is 184 Å². The predicted octanol–water partition coefficient (Wildman–Crippen LogP) is 0.906. The third-order valence-electron chi connectivity index (χ3n) is 6.14. The van der Waals surface area contributed by atoms with Gasteiger partial charge in [-0.25, -0.2) is 21.9 Å². The van der Waals surface area contributed by atoms with Crippen molar-refractivity contribution in [3.63, 3.8) is 0 Å². The van der Waals surface area contributed by atoms with Gasteiger partial charge in [0.2, 0.25) is 10.0 Å². The summed E-state index contributed by atoms with van der Waals surface area (Å²) < 4.78 is 43.8. The minimum absolute atomic E-state index is 0.0270. The van der Waals surface area contributed by atoms with Crippen LogP contribution >= 0.6 is 11.6 Å². The van der Waals surface area contributed by atoms with Gasteiger partial charge >= 0.3 is 6.09 Å². The van der Waals surface area contributed by atoms with Crippen molar-refractivity contribution in [1.82, 2.24) is 14.5 Å². The van der Waals surface area contributed by atoms with Gasteiger partial charge in [0.15, 0.2) is 0 Å².